The van der Waals surface area contributed by atoms with Gasteiger partial charge in [-0.25, -0.2) is 0 Å². The molecule has 0 aromatic carbocycles. The summed E-state index contributed by atoms with van der Waals surface area (Å²) >= 11 is 0.618. The number of rotatable bonds is 2. The fourth-order valence-corrected chi connectivity index (χ4v) is 0.499. The minimum atomic E-state index is 0.356. The van der Waals surface area contributed by atoms with Crippen molar-refractivity contribution >= 4 is 12.0 Å². The highest BCUT2D eigenvalue weighted by Gasteiger charge is 1.87. The molecule has 0 saturated heterocycles. The van der Waals surface area contributed by atoms with Crippen molar-refractivity contribution in [2.24, 2.45) is 0 Å². The van der Waals surface area contributed by atoms with Gasteiger partial charge in [0.2, 0.25) is 0 Å². The van der Waals surface area contributed by atoms with Gasteiger partial charge in [0.1, 0.15) is 0 Å². The lowest BCUT2D eigenvalue weighted by atomic mass is 10.3. The molecule has 1 N–H and O–H groups in total. The first-order valence-corrected chi connectivity index (χ1v) is 3.06. The quantitative estimate of drug-likeness (QED) is 0.364. The summed E-state index contributed by atoms with van der Waals surface area (Å²) in [4.78, 5) is 0.668. The first kappa shape index (κ1) is 8.28. The van der Waals surface area contributed by atoms with Crippen molar-refractivity contribution in [3.8, 4) is 6.07 Å². The molecule has 0 amide bonds. The average Bonchev–Trinajstić information content (AvgIpc) is 1.87. The SMILES string of the molecule is C=C(C#N)/C=C(\C)SO. The summed E-state index contributed by atoms with van der Waals surface area (Å²) in [6, 6.07) is 1.83. The van der Waals surface area contributed by atoms with E-state index in [1.165, 1.54) is 6.08 Å². The second-order valence-electron chi connectivity index (χ2n) is 1.48. The molecule has 48 valence electrons. The maximum absolute atomic E-state index is 8.38. The molecule has 0 atom stereocenters. The molecule has 0 aromatic rings. The third kappa shape index (κ3) is 3.83. The summed E-state index contributed by atoms with van der Waals surface area (Å²) in [6.45, 7) is 5.10. The summed E-state index contributed by atoms with van der Waals surface area (Å²) in [6.07, 6.45) is 1.52. The van der Waals surface area contributed by atoms with Gasteiger partial charge in [-0.3, -0.25) is 0 Å². The van der Waals surface area contributed by atoms with Crippen LogP contribution in [0.1, 0.15) is 6.92 Å². The van der Waals surface area contributed by atoms with Crippen LogP contribution in [-0.4, -0.2) is 4.55 Å². The second kappa shape index (κ2) is 4.19. The van der Waals surface area contributed by atoms with Crippen molar-refractivity contribution in [1.82, 2.24) is 0 Å². The van der Waals surface area contributed by atoms with Crippen LogP contribution in [0.25, 0.3) is 0 Å². The van der Waals surface area contributed by atoms with Crippen molar-refractivity contribution in [1.29, 1.82) is 5.26 Å². The third-order valence-corrected chi connectivity index (χ3v) is 1.07. The summed E-state index contributed by atoms with van der Waals surface area (Å²) < 4.78 is 8.38. The molecule has 9 heavy (non-hydrogen) atoms. The molecule has 0 heterocycles. The fourth-order valence-electron chi connectivity index (χ4n) is 0.304. The van der Waals surface area contributed by atoms with Crippen LogP contribution in [0.15, 0.2) is 23.1 Å². The van der Waals surface area contributed by atoms with Gasteiger partial charge in [-0.1, -0.05) is 6.58 Å². The molecule has 0 aliphatic heterocycles. The van der Waals surface area contributed by atoms with Crippen LogP contribution in [0.3, 0.4) is 0 Å². The van der Waals surface area contributed by atoms with Crippen LogP contribution < -0.4 is 0 Å². The van der Waals surface area contributed by atoms with Crippen LogP contribution in [-0.2, 0) is 0 Å². The van der Waals surface area contributed by atoms with E-state index < -0.39 is 0 Å². The highest BCUT2D eigenvalue weighted by molar-refractivity contribution is 7.97. The summed E-state index contributed by atoms with van der Waals surface area (Å²) in [7, 11) is 0. The topological polar surface area (TPSA) is 44.0 Å². The smallest absolute Gasteiger partial charge is 0.0985 e. The molecular formula is C6H7NOS. The van der Waals surface area contributed by atoms with Crippen molar-refractivity contribution in [2.45, 2.75) is 6.92 Å². The number of nitrogens with zero attached hydrogens (tertiary/aromatic N) is 1. The Balaban J connectivity index is 3.99. The van der Waals surface area contributed by atoms with E-state index in [-0.39, 0.29) is 0 Å². The van der Waals surface area contributed by atoms with Crippen LogP contribution in [0, 0.1) is 11.3 Å². The molecule has 0 rings (SSSR count). The van der Waals surface area contributed by atoms with Crippen molar-refractivity contribution in [3.63, 3.8) is 0 Å². The first-order chi connectivity index (χ1) is 4.20. The van der Waals surface area contributed by atoms with Gasteiger partial charge in [-0.05, 0) is 13.0 Å². The molecule has 0 spiro atoms. The zero-order chi connectivity index (χ0) is 7.28. The zero-order valence-electron chi connectivity index (χ0n) is 5.09. The van der Waals surface area contributed by atoms with E-state index in [2.05, 4.69) is 6.58 Å². The van der Waals surface area contributed by atoms with Gasteiger partial charge in [0, 0.05) is 22.5 Å². The van der Waals surface area contributed by atoms with Crippen molar-refractivity contribution in [3.05, 3.63) is 23.1 Å². The van der Waals surface area contributed by atoms with Gasteiger partial charge in [-0.2, -0.15) is 5.26 Å². The Kier molecular flexibility index (Phi) is 3.85. The molecule has 0 aliphatic carbocycles. The Morgan fingerprint density at radius 3 is 2.78 bits per heavy atom. The van der Waals surface area contributed by atoms with E-state index in [4.69, 9.17) is 9.81 Å². The minimum absolute atomic E-state index is 0.356. The highest BCUT2D eigenvalue weighted by atomic mass is 32.2. The van der Waals surface area contributed by atoms with E-state index >= 15 is 0 Å². The van der Waals surface area contributed by atoms with Crippen LogP contribution in [0.4, 0.5) is 0 Å². The van der Waals surface area contributed by atoms with E-state index in [9.17, 15) is 0 Å². The van der Waals surface area contributed by atoms with E-state index in [1.807, 2.05) is 6.07 Å². The standard InChI is InChI=1S/C6H7NOS/c1-5(4-7)3-6(2)9-8/h3,8H,1H2,2H3/b6-3+. The van der Waals surface area contributed by atoms with Crippen LogP contribution >= 0.6 is 12.0 Å². The normalized spacial score (nSPS) is 10.6. The number of allylic oxidation sites excluding steroid dienone is 3. The highest BCUT2D eigenvalue weighted by Crippen LogP contribution is 2.10. The number of nitriles is 1. The van der Waals surface area contributed by atoms with Crippen LogP contribution in [0.5, 0.6) is 0 Å². The van der Waals surface area contributed by atoms with Gasteiger partial charge < -0.3 is 4.55 Å². The van der Waals surface area contributed by atoms with Gasteiger partial charge in [0.15, 0.2) is 0 Å². The maximum atomic E-state index is 8.38. The molecule has 0 radical (unpaired) electrons. The number of hydrogen-bond acceptors (Lipinski definition) is 3. The Bertz CT molecular complexity index is 178. The third-order valence-electron chi connectivity index (χ3n) is 0.665. The van der Waals surface area contributed by atoms with Gasteiger partial charge in [0.25, 0.3) is 0 Å². The number of hydrogen-bond donors (Lipinski definition) is 1. The van der Waals surface area contributed by atoms with Crippen molar-refractivity contribution in [2.75, 3.05) is 0 Å². The predicted octanol–water partition coefficient (Wildman–Crippen LogP) is 2.18. The summed E-state index contributed by atoms with van der Waals surface area (Å²) in [5.74, 6) is 0. The summed E-state index contributed by atoms with van der Waals surface area (Å²) in [5.41, 5.74) is 0.356. The monoisotopic (exact) mass is 141 g/mol. The predicted molar refractivity (Wildman–Crippen MR) is 38.7 cm³/mol. The largest absolute Gasteiger partial charge is 0.326 e. The van der Waals surface area contributed by atoms with E-state index in [1.54, 1.807) is 6.92 Å². The molecule has 3 heteroatoms. The van der Waals surface area contributed by atoms with Gasteiger partial charge in [-0.15, -0.1) is 0 Å². The Morgan fingerprint density at radius 2 is 2.44 bits per heavy atom. The lowest BCUT2D eigenvalue weighted by Gasteiger charge is -1.88. The van der Waals surface area contributed by atoms with E-state index in [0.29, 0.717) is 22.5 Å². The Labute approximate surface area is 58.7 Å². The van der Waals surface area contributed by atoms with Crippen molar-refractivity contribution < 1.29 is 4.55 Å². The average molecular weight is 141 g/mol. The molecule has 2 nitrogen and oxygen atoms in total. The molecule has 0 unspecified atom stereocenters. The van der Waals surface area contributed by atoms with Gasteiger partial charge >= 0.3 is 0 Å². The molecule has 0 saturated carbocycles. The molecule has 0 fully saturated rings. The summed E-state index contributed by atoms with van der Waals surface area (Å²) in [5, 5.41) is 8.19. The minimum Gasteiger partial charge on any atom is -0.326 e. The maximum Gasteiger partial charge on any atom is 0.0985 e. The van der Waals surface area contributed by atoms with E-state index in [0.717, 1.165) is 0 Å². The molecule has 0 bridgehead atoms. The molecule has 0 aromatic heterocycles. The molecular weight excluding hydrogens is 134 g/mol. The second-order valence-corrected chi connectivity index (χ2v) is 2.31. The van der Waals surface area contributed by atoms with Gasteiger partial charge in [0.05, 0.1) is 6.07 Å². The lowest BCUT2D eigenvalue weighted by molar-refractivity contribution is 0.669. The Morgan fingerprint density at radius 1 is 1.89 bits per heavy atom. The first-order valence-electron chi connectivity index (χ1n) is 2.29. The zero-order valence-corrected chi connectivity index (χ0v) is 5.90. The Hall–Kier alpha value is -0.720. The molecule has 0 aliphatic rings. The fraction of sp³-hybridized carbons (Fsp3) is 0.167. The lowest BCUT2D eigenvalue weighted by Crippen LogP contribution is -1.69. The van der Waals surface area contributed by atoms with Crippen LogP contribution in [0.2, 0.25) is 0 Å².